The van der Waals surface area contributed by atoms with Crippen molar-refractivity contribution in [1.29, 1.82) is 0 Å². The number of nitrogens with two attached hydrogens (primary N) is 1. The van der Waals surface area contributed by atoms with Crippen molar-refractivity contribution < 1.29 is 8.42 Å². The van der Waals surface area contributed by atoms with Crippen LogP contribution in [0.1, 0.15) is 19.8 Å². The highest BCUT2D eigenvalue weighted by Gasteiger charge is 2.27. The van der Waals surface area contributed by atoms with E-state index in [1.165, 1.54) is 19.8 Å². The van der Waals surface area contributed by atoms with E-state index in [2.05, 4.69) is 21.8 Å². The molecule has 0 spiro atoms. The summed E-state index contributed by atoms with van der Waals surface area (Å²) in [4.78, 5) is 2.16. The molecule has 0 heterocycles. The Kier molecular flexibility index (Phi) is 4.66. The summed E-state index contributed by atoms with van der Waals surface area (Å²) in [5.41, 5.74) is 5.31. The molecule has 0 aromatic rings. The molecule has 1 aliphatic carbocycles. The number of sulfonamides is 1. The van der Waals surface area contributed by atoms with Crippen LogP contribution in [0.4, 0.5) is 0 Å². The smallest absolute Gasteiger partial charge is 0.220 e. The maximum Gasteiger partial charge on any atom is 0.220 e. The van der Waals surface area contributed by atoms with E-state index in [4.69, 9.17) is 5.73 Å². The number of hydrogen-bond donors (Lipinski definition) is 2. The third-order valence-corrected chi connectivity index (χ3v) is 5.10. The lowest BCUT2D eigenvalue weighted by molar-refractivity contribution is 0.329. The largest absolute Gasteiger partial charge is 0.392 e. The van der Waals surface area contributed by atoms with Crippen molar-refractivity contribution in [1.82, 2.24) is 9.62 Å². The fourth-order valence-corrected chi connectivity index (χ4v) is 2.65. The lowest BCUT2D eigenvalue weighted by atomic mass is 10.5. The molecule has 1 unspecified atom stereocenters. The molecule has 0 amide bonds. The summed E-state index contributed by atoms with van der Waals surface area (Å²) in [5.74, 6) is 0. The van der Waals surface area contributed by atoms with Crippen LogP contribution in [-0.4, -0.2) is 49.7 Å². The Morgan fingerprint density at radius 1 is 1.62 bits per heavy atom. The molecule has 0 aliphatic heterocycles. The van der Waals surface area contributed by atoms with Gasteiger partial charge in [-0.2, -0.15) is 0 Å². The molecule has 0 aromatic heterocycles. The van der Waals surface area contributed by atoms with Gasteiger partial charge in [-0.3, -0.25) is 0 Å². The Hall–Kier alpha value is -0.240. The number of rotatable bonds is 7. The van der Waals surface area contributed by atoms with E-state index in [1.807, 2.05) is 7.05 Å². The normalized spacial score (nSPS) is 18.7. The van der Waals surface area contributed by atoms with Gasteiger partial charge in [-0.1, -0.05) is 12.2 Å². The molecular formula is C9H19N3O2S2. The van der Waals surface area contributed by atoms with E-state index in [-0.39, 0.29) is 4.99 Å². The molecule has 3 N–H and O–H groups in total. The van der Waals surface area contributed by atoms with Gasteiger partial charge >= 0.3 is 0 Å². The monoisotopic (exact) mass is 265 g/mol. The van der Waals surface area contributed by atoms with Crippen molar-refractivity contribution in [2.45, 2.75) is 31.1 Å². The molecule has 1 fully saturated rings. The van der Waals surface area contributed by atoms with Crippen LogP contribution >= 0.6 is 12.2 Å². The topological polar surface area (TPSA) is 75.4 Å². The molecule has 0 bridgehead atoms. The summed E-state index contributed by atoms with van der Waals surface area (Å²) < 4.78 is 25.8. The van der Waals surface area contributed by atoms with Crippen LogP contribution in [0.3, 0.4) is 0 Å². The first-order chi connectivity index (χ1) is 7.34. The van der Waals surface area contributed by atoms with Gasteiger partial charge in [0.05, 0.1) is 4.99 Å². The summed E-state index contributed by atoms with van der Waals surface area (Å²) in [5, 5.41) is -0.811. The van der Waals surface area contributed by atoms with Gasteiger partial charge < -0.3 is 10.6 Å². The molecule has 0 aromatic carbocycles. The number of nitrogens with zero attached hydrogens (tertiary/aromatic N) is 1. The molecule has 1 atom stereocenters. The summed E-state index contributed by atoms with van der Waals surface area (Å²) in [7, 11) is -1.40. The number of thiocarbonyl (C=S) groups is 1. The second-order valence-electron chi connectivity index (χ2n) is 4.20. The standard InChI is InChI=1S/C9H19N3O2S2/c1-7(9(10)15)16(13,14)11-5-6-12(2)8-3-4-8/h7-8,11H,3-6H2,1-2H3,(H2,10,15). The maximum absolute atomic E-state index is 11.6. The van der Waals surface area contributed by atoms with Crippen LogP contribution in [0.25, 0.3) is 0 Å². The van der Waals surface area contributed by atoms with Crippen molar-refractivity contribution in [2.24, 2.45) is 5.73 Å². The van der Waals surface area contributed by atoms with Crippen LogP contribution in [0, 0.1) is 0 Å². The molecule has 5 nitrogen and oxygen atoms in total. The maximum atomic E-state index is 11.6. The predicted octanol–water partition coefficient (Wildman–Crippen LogP) is -0.325. The third-order valence-electron chi connectivity index (χ3n) is 2.80. The minimum absolute atomic E-state index is 0.00282. The quantitative estimate of drug-likeness (QED) is 0.617. The van der Waals surface area contributed by atoms with Crippen molar-refractivity contribution in [2.75, 3.05) is 20.1 Å². The molecule has 1 rings (SSSR count). The van der Waals surface area contributed by atoms with E-state index >= 15 is 0 Å². The van der Waals surface area contributed by atoms with Crippen molar-refractivity contribution in [3.8, 4) is 0 Å². The van der Waals surface area contributed by atoms with E-state index in [1.54, 1.807) is 0 Å². The second-order valence-corrected chi connectivity index (χ2v) is 6.75. The molecular weight excluding hydrogens is 246 g/mol. The Morgan fingerprint density at radius 3 is 2.62 bits per heavy atom. The van der Waals surface area contributed by atoms with Gasteiger partial charge in [0, 0.05) is 19.1 Å². The number of likely N-dealkylation sites (N-methyl/N-ethyl adjacent to an activating group) is 1. The summed E-state index contributed by atoms with van der Waals surface area (Å²) in [6.45, 7) is 2.62. The molecule has 0 radical (unpaired) electrons. The van der Waals surface area contributed by atoms with Crippen LogP contribution in [0.15, 0.2) is 0 Å². The minimum Gasteiger partial charge on any atom is -0.392 e. The first kappa shape index (κ1) is 13.8. The van der Waals surface area contributed by atoms with Crippen molar-refractivity contribution >= 4 is 27.2 Å². The highest BCUT2D eigenvalue weighted by atomic mass is 32.2. The lowest BCUT2D eigenvalue weighted by Crippen LogP contribution is -2.42. The van der Waals surface area contributed by atoms with Gasteiger partial charge in [-0.25, -0.2) is 13.1 Å². The van der Waals surface area contributed by atoms with Gasteiger partial charge in [0.15, 0.2) is 0 Å². The van der Waals surface area contributed by atoms with E-state index in [9.17, 15) is 8.42 Å². The van der Waals surface area contributed by atoms with E-state index < -0.39 is 15.3 Å². The van der Waals surface area contributed by atoms with Gasteiger partial charge in [0.25, 0.3) is 0 Å². The highest BCUT2D eigenvalue weighted by Crippen LogP contribution is 2.24. The molecule has 94 valence electrons. The van der Waals surface area contributed by atoms with E-state index in [0.717, 1.165) is 0 Å². The Bertz CT molecular complexity index is 352. The first-order valence-electron chi connectivity index (χ1n) is 5.32. The van der Waals surface area contributed by atoms with Gasteiger partial charge in [0.2, 0.25) is 10.0 Å². The average Bonchev–Trinajstić information content (AvgIpc) is 2.98. The fourth-order valence-electron chi connectivity index (χ4n) is 1.34. The second kappa shape index (κ2) is 5.39. The number of nitrogens with one attached hydrogen (secondary N) is 1. The molecule has 7 heteroatoms. The highest BCUT2D eigenvalue weighted by molar-refractivity contribution is 7.93. The summed E-state index contributed by atoms with van der Waals surface area (Å²) in [6.07, 6.45) is 2.43. The van der Waals surface area contributed by atoms with Crippen molar-refractivity contribution in [3.63, 3.8) is 0 Å². The van der Waals surface area contributed by atoms with E-state index in [0.29, 0.717) is 19.1 Å². The molecule has 1 saturated carbocycles. The van der Waals surface area contributed by atoms with Crippen molar-refractivity contribution in [3.05, 3.63) is 0 Å². The Balaban J connectivity index is 2.32. The SMILES string of the molecule is CC(C(N)=S)S(=O)(=O)NCCN(C)C1CC1. The van der Waals surface area contributed by atoms with Gasteiger partial charge in [0.1, 0.15) is 5.25 Å². The van der Waals surface area contributed by atoms with Gasteiger partial charge in [-0.15, -0.1) is 0 Å². The molecule has 0 saturated heterocycles. The molecule has 1 aliphatic rings. The van der Waals surface area contributed by atoms with Crippen LogP contribution in [0.2, 0.25) is 0 Å². The minimum atomic E-state index is -3.40. The third kappa shape index (κ3) is 3.97. The Morgan fingerprint density at radius 2 is 2.19 bits per heavy atom. The zero-order valence-electron chi connectivity index (χ0n) is 9.64. The van der Waals surface area contributed by atoms with Crippen LogP contribution < -0.4 is 10.5 Å². The summed E-state index contributed by atoms with van der Waals surface area (Å²) in [6, 6.07) is 0.637. The zero-order chi connectivity index (χ0) is 12.3. The first-order valence-corrected chi connectivity index (χ1v) is 7.28. The lowest BCUT2D eigenvalue weighted by Gasteiger charge is -2.17. The summed E-state index contributed by atoms with van der Waals surface area (Å²) >= 11 is 4.67. The Labute approximate surface area is 102 Å². The van der Waals surface area contributed by atoms with Crippen LogP contribution in [-0.2, 0) is 10.0 Å². The predicted molar refractivity (Wildman–Crippen MR) is 68.8 cm³/mol. The number of hydrogen-bond acceptors (Lipinski definition) is 4. The van der Waals surface area contributed by atoms with Crippen LogP contribution in [0.5, 0.6) is 0 Å². The van der Waals surface area contributed by atoms with Gasteiger partial charge in [-0.05, 0) is 26.8 Å². The zero-order valence-corrected chi connectivity index (χ0v) is 11.3. The fraction of sp³-hybridized carbons (Fsp3) is 0.889. The molecule has 16 heavy (non-hydrogen) atoms. The average molecular weight is 265 g/mol.